The molecule has 0 spiro atoms. The van der Waals surface area contributed by atoms with Gasteiger partial charge < -0.3 is 29.8 Å². The number of methoxy groups -OCH3 is 1. The smallest absolute Gasteiger partial charge is 0.274 e. The number of hydrogen-bond donors (Lipinski definition) is 3. The topological polar surface area (TPSA) is 108 Å². The minimum atomic E-state index is -0.301. The fourth-order valence-electron chi connectivity index (χ4n) is 5.12. The van der Waals surface area contributed by atoms with E-state index in [9.17, 15) is 9.90 Å². The number of ether oxygens (including phenoxy) is 1. The van der Waals surface area contributed by atoms with Gasteiger partial charge in [-0.15, -0.1) is 5.10 Å². The monoisotopic (exact) mass is 489 g/mol. The molecule has 5 heterocycles. The van der Waals surface area contributed by atoms with Crippen LogP contribution in [0, 0.1) is 6.92 Å². The molecular formula is C26H31N7O3. The Morgan fingerprint density at radius 3 is 2.64 bits per heavy atom. The van der Waals surface area contributed by atoms with Gasteiger partial charge >= 0.3 is 0 Å². The number of aromatic nitrogens is 4. The lowest BCUT2D eigenvalue weighted by Crippen LogP contribution is -2.43. The maximum atomic E-state index is 13.4. The minimum absolute atomic E-state index is 0.175. The van der Waals surface area contributed by atoms with E-state index >= 15 is 0 Å². The summed E-state index contributed by atoms with van der Waals surface area (Å²) in [5.74, 6) is 0.157. The van der Waals surface area contributed by atoms with E-state index in [1.165, 1.54) is 12.8 Å². The van der Waals surface area contributed by atoms with Crippen LogP contribution in [0.3, 0.4) is 0 Å². The number of aliphatic hydroxyl groups is 1. The van der Waals surface area contributed by atoms with Crippen LogP contribution in [0.2, 0.25) is 0 Å². The van der Waals surface area contributed by atoms with Crippen molar-refractivity contribution in [1.29, 1.82) is 0 Å². The SMILES string of the molecule is COc1cc2c(N3CCC(NC4CC4)CC3)ccc(C(=O)Nc3cc(CO)c4nc(C)cn4c3)n2n1. The second kappa shape index (κ2) is 9.11. The lowest BCUT2D eigenvalue weighted by Gasteiger charge is -2.34. The van der Waals surface area contributed by atoms with E-state index in [1.54, 1.807) is 23.9 Å². The number of imidazole rings is 1. The van der Waals surface area contributed by atoms with Crippen molar-refractivity contribution in [1.82, 2.24) is 24.3 Å². The zero-order valence-electron chi connectivity index (χ0n) is 20.6. The first-order valence-corrected chi connectivity index (χ1v) is 12.5. The Labute approximate surface area is 208 Å². The van der Waals surface area contributed by atoms with Crippen molar-refractivity contribution in [3.05, 3.63) is 53.6 Å². The number of pyridine rings is 2. The summed E-state index contributed by atoms with van der Waals surface area (Å²) in [5, 5.41) is 21.0. The highest BCUT2D eigenvalue weighted by molar-refractivity contribution is 6.04. The average Bonchev–Trinajstić information content (AvgIpc) is 3.45. The minimum Gasteiger partial charge on any atom is -0.480 e. The van der Waals surface area contributed by atoms with Gasteiger partial charge in [0.15, 0.2) is 0 Å². The van der Waals surface area contributed by atoms with E-state index in [1.807, 2.05) is 35.7 Å². The second-order valence-electron chi connectivity index (χ2n) is 9.77. The van der Waals surface area contributed by atoms with E-state index in [4.69, 9.17) is 4.74 Å². The number of rotatable bonds is 7. The van der Waals surface area contributed by atoms with Gasteiger partial charge in [-0.05, 0) is 50.8 Å². The Balaban J connectivity index is 1.28. The van der Waals surface area contributed by atoms with E-state index in [0.29, 0.717) is 34.5 Å². The molecule has 0 atom stereocenters. The van der Waals surface area contributed by atoms with Crippen molar-refractivity contribution in [2.45, 2.75) is 51.3 Å². The van der Waals surface area contributed by atoms with Crippen LogP contribution in [0.4, 0.5) is 11.4 Å². The van der Waals surface area contributed by atoms with E-state index in [-0.39, 0.29) is 12.5 Å². The van der Waals surface area contributed by atoms with Crippen LogP contribution in [-0.2, 0) is 6.61 Å². The highest BCUT2D eigenvalue weighted by atomic mass is 16.5. The largest absolute Gasteiger partial charge is 0.480 e. The normalized spacial score (nSPS) is 16.7. The number of aryl methyl sites for hydroxylation is 1. The molecule has 188 valence electrons. The molecule has 3 N–H and O–H groups in total. The predicted octanol–water partition coefficient (Wildman–Crippen LogP) is 2.76. The first-order valence-electron chi connectivity index (χ1n) is 12.5. The first-order chi connectivity index (χ1) is 17.5. The molecule has 0 bridgehead atoms. The summed E-state index contributed by atoms with van der Waals surface area (Å²) in [4.78, 5) is 20.2. The van der Waals surface area contributed by atoms with Crippen LogP contribution in [0.1, 0.15) is 47.4 Å². The number of nitrogens with one attached hydrogen (secondary N) is 2. The van der Waals surface area contributed by atoms with Gasteiger partial charge in [0, 0.05) is 49.2 Å². The van der Waals surface area contributed by atoms with Gasteiger partial charge in [0.1, 0.15) is 11.3 Å². The third-order valence-electron chi connectivity index (χ3n) is 7.08. The van der Waals surface area contributed by atoms with Crippen molar-refractivity contribution in [2.24, 2.45) is 0 Å². The molecule has 2 aliphatic rings. The van der Waals surface area contributed by atoms with Crippen LogP contribution >= 0.6 is 0 Å². The maximum absolute atomic E-state index is 13.4. The molecule has 0 radical (unpaired) electrons. The third-order valence-corrected chi connectivity index (χ3v) is 7.08. The second-order valence-corrected chi connectivity index (χ2v) is 9.77. The summed E-state index contributed by atoms with van der Waals surface area (Å²) in [6.07, 6.45) is 8.45. The lowest BCUT2D eigenvalue weighted by atomic mass is 10.0. The Bertz CT molecular complexity index is 1430. The third kappa shape index (κ3) is 4.27. The zero-order valence-corrected chi connectivity index (χ0v) is 20.6. The maximum Gasteiger partial charge on any atom is 0.274 e. The number of carbonyl (C=O) groups is 1. The van der Waals surface area contributed by atoms with Crippen molar-refractivity contribution in [3.63, 3.8) is 0 Å². The number of nitrogens with zero attached hydrogens (tertiary/aromatic N) is 5. The van der Waals surface area contributed by atoms with Crippen LogP contribution in [0.5, 0.6) is 5.88 Å². The Morgan fingerprint density at radius 1 is 1.14 bits per heavy atom. The van der Waals surface area contributed by atoms with Crippen LogP contribution in [0.15, 0.2) is 36.7 Å². The summed E-state index contributed by atoms with van der Waals surface area (Å²) in [6.45, 7) is 3.62. The van der Waals surface area contributed by atoms with E-state index in [0.717, 1.165) is 48.9 Å². The summed E-state index contributed by atoms with van der Waals surface area (Å²) in [7, 11) is 1.58. The van der Waals surface area contributed by atoms with Crippen molar-refractivity contribution < 1.29 is 14.6 Å². The number of amides is 1. The summed E-state index contributed by atoms with van der Waals surface area (Å²) >= 11 is 0. The van der Waals surface area contributed by atoms with Crippen LogP contribution < -0.4 is 20.3 Å². The van der Waals surface area contributed by atoms with Crippen molar-refractivity contribution in [3.8, 4) is 5.88 Å². The van der Waals surface area contributed by atoms with Crippen LogP contribution in [0.25, 0.3) is 11.2 Å². The average molecular weight is 490 g/mol. The van der Waals surface area contributed by atoms with Gasteiger partial charge in [-0.1, -0.05) is 0 Å². The first kappa shape index (κ1) is 22.8. The van der Waals surface area contributed by atoms with Gasteiger partial charge in [0.2, 0.25) is 5.88 Å². The molecule has 36 heavy (non-hydrogen) atoms. The van der Waals surface area contributed by atoms with Crippen molar-refractivity contribution in [2.75, 3.05) is 30.4 Å². The fraction of sp³-hybridized carbons (Fsp3) is 0.423. The number of piperidine rings is 1. The summed E-state index contributed by atoms with van der Waals surface area (Å²) < 4.78 is 8.88. The molecule has 0 unspecified atom stereocenters. The Kier molecular flexibility index (Phi) is 5.77. The number of carbonyl (C=O) groups excluding carboxylic acids is 1. The molecule has 1 amide bonds. The Morgan fingerprint density at radius 2 is 1.92 bits per heavy atom. The number of anilines is 2. The quantitative estimate of drug-likeness (QED) is 0.366. The fourth-order valence-corrected chi connectivity index (χ4v) is 5.12. The van der Waals surface area contributed by atoms with Gasteiger partial charge in [0.25, 0.3) is 5.91 Å². The molecule has 1 saturated carbocycles. The lowest BCUT2D eigenvalue weighted by molar-refractivity contribution is 0.102. The molecule has 4 aromatic rings. The molecule has 10 heteroatoms. The van der Waals surface area contributed by atoms with Gasteiger partial charge in [0.05, 0.1) is 36.3 Å². The summed E-state index contributed by atoms with van der Waals surface area (Å²) in [6, 6.07) is 8.74. The molecule has 10 nitrogen and oxygen atoms in total. The molecule has 4 aromatic heterocycles. The molecule has 1 aliphatic heterocycles. The number of aliphatic hydroxyl groups excluding tert-OH is 1. The molecule has 6 rings (SSSR count). The zero-order chi connectivity index (χ0) is 24.8. The Hall–Kier alpha value is -3.63. The van der Waals surface area contributed by atoms with E-state index in [2.05, 4.69) is 25.6 Å². The van der Waals surface area contributed by atoms with Crippen molar-refractivity contribution >= 4 is 28.4 Å². The summed E-state index contributed by atoms with van der Waals surface area (Å²) in [5.41, 5.74) is 5.00. The van der Waals surface area contributed by atoms with Gasteiger partial charge in [-0.3, -0.25) is 4.79 Å². The van der Waals surface area contributed by atoms with Gasteiger partial charge in [-0.25, -0.2) is 9.50 Å². The molecule has 2 fully saturated rings. The standard InChI is InChI=1S/C26H31N7O3/c1-16-13-32-14-20(11-17(15-34)25(32)27-16)29-26(35)22-6-5-21(23-12-24(36-2)30-33(22)23)31-9-7-19(8-10-31)28-18-3-4-18/h5-6,11-14,18-19,28,34H,3-4,7-10,15H2,1-2H3,(H,29,35). The molecular weight excluding hydrogens is 458 g/mol. The number of fused-ring (bicyclic) bond motifs is 2. The molecule has 1 saturated heterocycles. The van der Waals surface area contributed by atoms with Crippen LogP contribution in [-0.4, -0.2) is 62.3 Å². The number of hydrogen-bond acceptors (Lipinski definition) is 7. The van der Waals surface area contributed by atoms with Gasteiger partial charge in [-0.2, -0.15) is 0 Å². The molecule has 0 aromatic carbocycles. The predicted molar refractivity (Wildman–Crippen MR) is 137 cm³/mol. The highest BCUT2D eigenvalue weighted by Gasteiger charge is 2.28. The molecule has 1 aliphatic carbocycles. The van der Waals surface area contributed by atoms with E-state index < -0.39 is 0 Å². The highest BCUT2D eigenvalue weighted by Crippen LogP contribution is 2.30.